The van der Waals surface area contributed by atoms with Crippen LogP contribution in [-0.2, 0) is 14.3 Å². The molecule has 0 radical (unpaired) electrons. The van der Waals surface area contributed by atoms with Crippen LogP contribution in [0, 0.1) is 5.82 Å². The average Bonchev–Trinajstić information content (AvgIpc) is 2.63. The number of hydrogen-bond acceptors (Lipinski definition) is 4. The van der Waals surface area contributed by atoms with Gasteiger partial charge in [0.2, 0.25) is 5.91 Å². The Morgan fingerprint density at radius 3 is 2.54 bits per heavy atom. The number of hydrogen-bond donors (Lipinski definition) is 1. The monoisotopic (exact) mass is 439 g/mol. The molecule has 1 amide bonds. The van der Waals surface area contributed by atoms with Gasteiger partial charge in [-0.1, -0.05) is 40.2 Å². The number of benzene rings is 2. The SMILES string of the molecule is COC(=O)CC(NC(=O)CCSc1ccccc1F)c1ccc(Br)cc1. The molecular weight excluding hydrogens is 421 g/mol. The van der Waals surface area contributed by atoms with E-state index >= 15 is 0 Å². The largest absolute Gasteiger partial charge is 0.469 e. The van der Waals surface area contributed by atoms with Gasteiger partial charge < -0.3 is 10.1 Å². The molecule has 0 heterocycles. The summed E-state index contributed by atoms with van der Waals surface area (Å²) in [6.45, 7) is 0. The summed E-state index contributed by atoms with van der Waals surface area (Å²) >= 11 is 4.64. The number of thioether (sulfide) groups is 1. The molecule has 2 aromatic rings. The van der Waals surface area contributed by atoms with Gasteiger partial charge in [0.05, 0.1) is 19.6 Å². The van der Waals surface area contributed by atoms with Gasteiger partial charge in [0.1, 0.15) is 5.82 Å². The zero-order valence-corrected chi connectivity index (χ0v) is 16.6. The maximum Gasteiger partial charge on any atom is 0.307 e. The van der Waals surface area contributed by atoms with Crippen molar-refractivity contribution in [3.05, 3.63) is 64.4 Å². The van der Waals surface area contributed by atoms with Crippen molar-refractivity contribution in [2.24, 2.45) is 0 Å². The molecule has 0 saturated heterocycles. The molecule has 0 saturated carbocycles. The molecule has 1 unspecified atom stereocenters. The number of rotatable bonds is 8. The van der Waals surface area contributed by atoms with Crippen molar-refractivity contribution in [1.29, 1.82) is 0 Å². The zero-order valence-electron chi connectivity index (χ0n) is 14.2. The number of amides is 1. The van der Waals surface area contributed by atoms with Crippen LogP contribution in [0.25, 0.3) is 0 Å². The second-order valence-electron chi connectivity index (χ2n) is 5.48. The van der Waals surface area contributed by atoms with Gasteiger partial charge in [-0.15, -0.1) is 11.8 Å². The minimum absolute atomic E-state index is 0.0460. The molecule has 0 aliphatic rings. The highest BCUT2D eigenvalue weighted by Crippen LogP contribution is 2.23. The van der Waals surface area contributed by atoms with E-state index in [1.165, 1.54) is 24.9 Å². The van der Waals surface area contributed by atoms with E-state index in [0.717, 1.165) is 10.0 Å². The Morgan fingerprint density at radius 1 is 1.19 bits per heavy atom. The molecule has 0 fully saturated rings. The Balaban J connectivity index is 1.93. The predicted octanol–water partition coefficient (Wildman–Crippen LogP) is 4.49. The molecule has 2 aromatic carbocycles. The fourth-order valence-electron chi connectivity index (χ4n) is 2.28. The molecule has 7 heteroatoms. The summed E-state index contributed by atoms with van der Waals surface area (Å²) in [4.78, 5) is 24.4. The summed E-state index contributed by atoms with van der Waals surface area (Å²) in [6, 6.07) is 13.4. The van der Waals surface area contributed by atoms with E-state index in [-0.39, 0.29) is 24.6 Å². The van der Waals surface area contributed by atoms with Crippen LogP contribution in [0.4, 0.5) is 4.39 Å². The Hall–Kier alpha value is -1.86. The summed E-state index contributed by atoms with van der Waals surface area (Å²) in [5.41, 5.74) is 0.814. The maximum atomic E-state index is 13.6. The second-order valence-corrected chi connectivity index (χ2v) is 7.53. The van der Waals surface area contributed by atoms with Gasteiger partial charge in [-0.2, -0.15) is 0 Å². The molecule has 4 nitrogen and oxygen atoms in total. The van der Waals surface area contributed by atoms with Crippen molar-refractivity contribution >= 4 is 39.6 Å². The number of carbonyl (C=O) groups is 2. The third-order valence-electron chi connectivity index (χ3n) is 3.63. The van der Waals surface area contributed by atoms with Crippen molar-refractivity contribution in [3.63, 3.8) is 0 Å². The first-order chi connectivity index (χ1) is 12.5. The summed E-state index contributed by atoms with van der Waals surface area (Å²) in [5, 5.41) is 2.86. The molecule has 0 aromatic heterocycles. The van der Waals surface area contributed by atoms with Crippen LogP contribution in [0.2, 0.25) is 0 Å². The van der Waals surface area contributed by atoms with Gasteiger partial charge in [-0.3, -0.25) is 9.59 Å². The predicted molar refractivity (Wildman–Crippen MR) is 103 cm³/mol. The van der Waals surface area contributed by atoms with E-state index in [1.807, 2.05) is 24.3 Å². The van der Waals surface area contributed by atoms with Crippen molar-refractivity contribution in [3.8, 4) is 0 Å². The van der Waals surface area contributed by atoms with Crippen LogP contribution in [0.5, 0.6) is 0 Å². The van der Waals surface area contributed by atoms with Crippen molar-refractivity contribution < 1.29 is 18.7 Å². The van der Waals surface area contributed by atoms with Gasteiger partial charge in [0, 0.05) is 21.5 Å². The molecule has 0 spiro atoms. The summed E-state index contributed by atoms with van der Waals surface area (Å²) in [6.07, 6.45) is 0.261. The first kappa shape index (κ1) is 20.5. The minimum Gasteiger partial charge on any atom is -0.469 e. The van der Waals surface area contributed by atoms with Crippen LogP contribution in [0.1, 0.15) is 24.4 Å². The molecule has 0 aliphatic carbocycles. The smallest absolute Gasteiger partial charge is 0.307 e. The van der Waals surface area contributed by atoms with Crippen molar-refractivity contribution in [1.82, 2.24) is 5.32 Å². The van der Waals surface area contributed by atoms with Gasteiger partial charge in [-0.05, 0) is 29.8 Å². The molecule has 138 valence electrons. The lowest BCUT2D eigenvalue weighted by Crippen LogP contribution is -2.30. The van der Waals surface area contributed by atoms with Crippen LogP contribution in [-0.4, -0.2) is 24.7 Å². The highest BCUT2D eigenvalue weighted by molar-refractivity contribution is 9.10. The number of ether oxygens (including phenoxy) is 1. The molecule has 0 bridgehead atoms. The van der Waals surface area contributed by atoms with Crippen LogP contribution >= 0.6 is 27.7 Å². The normalized spacial score (nSPS) is 11.7. The Bertz CT molecular complexity index is 755. The van der Waals surface area contributed by atoms with E-state index in [2.05, 4.69) is 21.2 Å². The molecule has 1 atom stereocenters. The van der Waals surface area contributed by atoms with E-state index in [1.54, 1.807) is 18.2 Å². The molecule has 26 heavy (non-hydrogen) atoms. The highest BCUT2D eigenvalue weighted by Gasteiger charge is 2.19. The van der Waals surface area contributed by atoms with Gasteiger partial charge >= 0.3 is 5.97 Å². The van der Waals surface area contributed by atoms with Crippen LogP contribution < -0.4 is 5.32 Å². The molecule has 0 aliphatic heterocycles. The second kappa shape index (κ2) is 10.3. The molecular formula is C19H19BrFNO3S. The van der Waals surface area contributed by atoms with E-state index < -0.39 is 12.0 Å². The van der Waals surface area contributed by atoms with E-state index in [0.29, 0.717) is 10.6 Å². The summed E-state index contributed by atoms with van der Waals surface area (Å²) in [5.74, 6) is -0.459. The third kappa shape index (κ3) is 6.46. The lowest BCUT2D eigenvalue weighted by molar-refractivity contribution is -0.141. The van der Waals surface area contributed by atoms with Crippen molar-refractivity contribution in [2.45, 2.75) is 23.8 Å². The fraction of sp³-hybridized carbons (Fsp3) is 0.263. The van der Waals surface area contributed by atoms with Crippen LogP contribution in [0.15, 0.2) is 57.9 Å². The number of esters is 1. The molecule has 1 N–H and O–H groups in total. The first-order valence-electron chi connectivity index (χ1n) is 7.98. The Kier molecular flexibility index (Phi) is 8.12. The van der Waals surface area contributed by atoms with Crippen LogP contribution in [0.3, 0.4) is 0 Å². The summed E-state index contributed by atoms with van der Waals surface area (Å²) in [7, 11) is 1.31. The lowest BCUT2D eigenvalue weighted by atomic mass is 10.0. The first-order valence-corrected chi connectivity index (χ1v) is 9.76. The molecule has 2 rings (SSSR count). The number of carbonyl (C=O) groups excluding carboxylic acids is 2. The maximum absolute atomic E-state index is 13.6. The number of methoxy groups -OCH3 is 1. The quantitative estimate of drug-likeness (QED) is 0.486. The van der Waals surface area contributed by atoms with E-state index in [4.69, 9.17) is 4.74 Å². The number of nitrogens with one attached hydrogen (secondary N) is 1. The third-order valence-corrected chi connectivity index (χ3v) is 5.21. The van der Waals surface area contributed by atoms with Gasteiger partial charge in [-0.25, -0.2) is 4.39 Å². The Morgan fingerprint density at radius 2 is 1.88 bits per heavy atom. The van der Waals surface area contributed by atoms with Gasteiger partial charge in [0.25, 0.3) is 0 Å². The highest BCUT2D eigenvalue weighted by atomic mass is 79.9. The van der Waals surface area contributed by atoms with Gasteiger partial charge in [0.15, 0.2) is 0 Å². The fourth-order valence-corrected chi connectivity index (χ4v) is 3.43. The Labute approximate surface area is 164 Å². The lowest BCUT2D eigenvalue weighted by Gasteiger charge is -2.18. The zero-order chi connectivity index (χ0) is 18.9. The average molecular weight is 440 g/mol. The summed E-state index contributed by atoms with van der Waals surface area (Å²) < 4.78 is 19.2. The standard InChI is InChI=1S/C19H19BrFNO3S/c1-25-19(24)12-16(13-6-8-14(20)9-7-13)22-18(23)10-11-26-17-5-3-2-4-15(17)21/h2-9,16H,10-12H2,1H3,(H,22,23). The topological polar surface area (TPSA) is 55.4 Å². The minimum atomic E-state index is -0.471. The van der Waals surface area contributed by atoms with Crippen molar-refractivity contribution in [2.75, 3.05) is 12.9 Å². The van der Waals surface area contributed by atoms with E-state index in [9.17, 15) is 14.0 Å². The number of halogens is 2.